The molecule has 0 radical (unpaired) electrons. The highest BCUT2D eigenvalue weighted by atomic mass is 16.5. The van der Waals surface area contributed by atoms with Gasteiger partial charge in [-0.3, -0.25) is 9.78 Å². The molecule has 6 aromatic heterocycles. The maximum absolute atomic E-state index is 5.33. The molecule has 2 aliphatic rings. The Balaban J connectivity index is 1.17. The molecule has 1 N–H and O–H groups in total. The molecule has 60 heavy (non-hydrogen) atoms. The van der Waals surface area contributed by atoms with E-state index in [1.807, 2.05) is 72.9 Å². The molecule has 0 unspecified atom stereocenters. The number of H-pyrrole nitrogens is 1. The summed E-state index contributed by atoms with van der Waals surface area (Å²) in [4.78, 5) is 19.8. The molecule has 0 spiro atoms. The minimum Gasteiger partial charge on any atom is -0.383 e. The van der Waals surface area contributed by atoms with Gasteiger partial charge in [0, 0.05) is 94.4 Å². The van der Waals surface area contributed by atoms with Gasteiger partial charge < -0.3 is 24.3 Å². The fraction of sp³-hybridized carbons (Fsp3) is 0.302. The van der Waals surface area contributed by atoms with Crippen molar-refractivity contribution < 1.29 is 4.74 Å². The first-order valence-corrected chi connectivity index (χ1v) is 20.4. The lowest BCUT2D eigenvalue weighted by molar-refractivity contribution is 0.183. The molecule has 0 aliphatic carbocycles. The number of nitrogens with one attached hydrogen (secondary N) is 1. The number of piperazine rings is 2. The van der Waals surface area contributed by atoms with Crippen molar-refractivity contribution in [3.05, 3.63) is 110 Å². The molecular formula is C43H48N16O. The highest BCUT2D eigenvalue weighted by Crippen LogP contribution is 2.38. The van der Waals surface area contributed by atoms with Gasteiger partial charge in [-0.15, -0.1) is 10.2 Å². The van der Waals surface area contributed by atoms with E-state index in [0.717, 1.165) is 109 Å². The van der Waals surface area contributed by atoms with Crippen molar-refractivity contribution in [2.24, 2.45) is 0 Å². The summed E-state index contributed by atoms with van der Waals surface area (Å²) >= 11 is 0. The first kappa shape index (κ1) is 37.5. The summed E-state index contributed by atoms with van der Waals surface area (Å²) < 4.78 is 11.1. The van der Waals surface area contributed by atoms with Crippen molar-refractivity contribution in [3.8, 4) is 22.5 Å². The zero-order chi connectivity index (χ0) is 40.6. The molecule has 306 valence electrons. The van der Waals surface area contributed by atoms with Crippen molar-refractivity contribution >= 4 is 45.7 Å². The van der Waals surface area contributed by atoms with Gasteiger partial charge in [-0.05, 0) is 74.8 Å². The summed E-state index contributed by atoms with van der Waals surface area (Å²) in [6.45, 7) is 8.86. The topological polar surface area (TPSA) is 136 Å². The average Bonchev–Trinajstić information content (AvgIpc) is 4.13. The number of nitrogens with zero attached hydrogens (tertiary/aromatic N) is 15. The Morgan fingerprint density at radius 1 is 0.633 bits per heavy atom. The second kappa shape index (κ2) is 16.1. The van der Waals surface area contributed by atoms with Gasteiger partial charge in [0.1, 0.15) is 0 Å². The average molecular weight is 805 g/mol. The molecule has 2 aromatic carbocycles. The third kappa shape index (κ3) is 7.27. The molecule has 0 bridgehead atoms. The summed E-state index contributed by atoms with van der Waals surface area (Å²) in [5.41, 5.74) is 9.27. The van der Waals surface area contributed by atoms with E-state index in [4.69, 9.17) is 24.9 Å². The molecule has 2 aliphatic heterocycles. The quantitative estimate of drug-likeness (QED) is 0.165. The number of hydrogen-bond donors (Lipinski definition) is 1. The van der Waals surface area contributed by atoms with Crippen LogP contribution in [0.5, 0.6) is 0 Å². The normalized spacial score (nSPS) is 15.4. The lowest BCUT2D eigenvalue weighted by Crippen LogP contribution is -2.45. The first-order chi connectivity index (χ1) is 29.5. The lowest BCUT2D eigenvalue weighted by atomic mass is 10.2. The van der Waals surface area contributed by atoms with Crippen LogP contribution in [-0.2, 0) is 11.3 Å². The highest BCUT2D eigenvalue weighted by Gasteiger charge is 2.29. The van der Waals surface area contributed by atoms with E-state index in [2.05, 4.69) is 104 Å². The summed E-state index contributed by atoms with van der Waals surface area (Å²) in [6.07, 6.45) is 11.3. The predicted octanol–water partition coefficient (Wildman–Crippen LogP) is 5.07. The highest BCUT2D eigenvalue weighted by molar-refractivity contribution is 5.77. The number of aromatic amines is 1. The van der Waals surface area contributed by atoms with Crippen LogP contribution >= 0.6 is 0 Å². The minimum atomic E-state index is 0.429. The van der Waals surface area contributed by atoms with E-state index in [-0.39, 0.29) is 0 Å². The second-order valence-electron chi connectivity index (χ2n) is 15.4. The molecule has 2 fully saturated rings. The van der Waals surface area contributed by atoms with Crippen LogP contribution in [0.1, 0.15) is 0 Å². The number of ether oxygens (including phenoxy) is 1. The SMILES string of the molecule is COCCn1cc(-c2ccc3cnc(N(c4cccc(N5CCN(C)CC5)c4)N(c4cccc(N5CCN(C)CC5)c4)c4ncc5ccc(-c6cn[nH]c6)n5n4)nn23)cn1. The number of anilines is 6. The van der Waals surface area contributed by atoms with Gasteiger partial charge in [-0.1, -0.05) is 12.1 Å². The number of benzene rings is 2. The minimum absolute atomic E-state index is 0.429. The number of rotatable bonds is 12. The zero-order valence-corrected chi connectivity index (χ0v) is 34.1. The molecular weight excluding hydrogens is 757 g/mol. The summed E-state index contributed by atoms with van der Waals surface area (Å²) in [6, 6.07) is 25.4. The predicted molar refractivity (Wildman–Crippen MR) is 233 cm³/mol. The summed E-state index contributed by atoms with van der Waals surface area (Å²) in [5.74, 6) is 0.860. The van der Waals surface area contributed by atoms with Gasteiger partial charge in [-0.25, -0.2) is 29.0 Å². The monoisotopic (exact) mass is 804 g/mol. The van der Waals surface area contributed by atoms with E-state index < -0.39 is 0 Å². The zero-order valence-electron chi connectivity index (χ0n) is 34.1. The Bertz CT molecular complexity index is 2700. The van der Waals surface area contributed by atoms with E-state index in [0.29, 0.717) is 25.0 Å². The largest absolute Gasteiger partial charge is 0.383 e. The van der Waals surface area contributed by atoms with Crippen LogP contribution in [0.4, 0.5) is 34.6 Å². The second-order valence-corrected chi connectivity index (χ2v) is 15.4. The number of fused-ring (bicyclic) bond motifs is 2. The fourth-order valence-electron chi connectivity index (χ4n) is 8.02. The van der Waals surface area contributed by atoms with Crippen molar-refractivity contribution in [1.82, 2.24) is 59.0 Å². The van der Waals surface area contributed by atoms with Gasteiger partial charge >= 0.3 is 0 Å². The lowest BCUT2D eigenvalue weighted by Gasteiger charge is -2.38. The van der Waals surface area contributed by atoms with Crippen molar-refractivity contribution in [3.63, 3.8) is 0 Å². The van der Waals surface area contributed by atoms with Gasteiger partial charge in [0.15, 0.2) is 0 Å². The Morgan fingerprint density at radius 2 is 1.18 bits per heavy atom. The number of likely N-dealkylation sites (N-methyl/N-ethyl adjacent to an activating group) is 2. The Morgan fingerprint density at radius 3 is 1.70 bits per heavy atom. The van der Waals surface area contributed by atoms with Crippen LogP contribution in [-0.4, -0.2) is 139 Å². The van der Waals surface area contributed by atoms with Crippen LogP contribution in [0.15, 0.2) is 110 Å². The molecule has 8 heterocycles. The van der Waals surface area contributed by atoms with E-state index in [1.165, 1.54) is 0 Å². The molecule has 10 rings (SSSR count). The van der Waals surface area contributed by atoms with Gasteiger partial charge in [-0.2, -0.15) is 10.2 Å². The standard InChI is InChI=1S/C43H48N16O/c1-51-14-18-53(19-15-51)34-6-4-8-36(24-34)58(42-44-29-38-10-12-40(56(38)49-42)32-26-46-47-27-32)59(37-9-5-7-35(25-37)54-20-16-52(2)17-21-54)43-45-30-39-11-13-41(57(39)50-43)33-28-48-55(31-33)22-23-60-3/h4-13,24-31H,14-23H2,1-3H3,(H,46,47). The Labute approximate surface area is 347 Å². The molecule has 0 saturated carbocycles. The third-order valence-corrected chi connectivity index (χ3v) is 11.5. The van der Waals surface area contributed by atoms with Crippen LogP contribution in [0.3, 0.4) is 0 Å². The molecule has 17 heteroatoms. The van der Waals surface area contributed by atoms with E-state index >= 15 is 0 Å². The third-order valence-electron chi connectivity index (χ3n) is 11.5. The number of hydrazine groups is 1. The van der Waals surface area contributed by atoms with Gasteiger partial charge in [0.25, 0.3) is 11.9 Å². The maximum Gasteiger partial charge on any atom is 0.267 e. The van der Waals surface area contributed by atoms with E-state index in [9.17, 15) is 0 Å². The van der Waals surface area contributed by atoms with Crippen molar-refractivity contribution in [1.29, 1.82) is 0 Å². The molecule has 0 atom stereocenters. The van der Waals surface area contributed by atoms with Crippen LogP contribution in [0.25, 0.3) is 33.5 Å². The number of methoxy groups -OCH3 is 1. The van der Waals surface area contributed by atoms with Crippen LogP contribution in [0, 0.1) is 0 Å². The van der Waals surface area contributed by atoms with Crippen molar-refractivity contribution in [2.45, 2.75) is 6.54 Å². The molecule has 0 amide bonds. The summed E-state index contributed by atoms with van der Waals surface area (Å²) in [5, 5.41) is 26.5. The molecule has 8 aromatic rings. The molecule has 2 saturated heterocycles. The Kier molecular flexibility index (Phi) is 10.0. The Hall–Kier alpha value is -6.82. The van der Waals surface area contributed by atoms with Gasteiger partial charge in [0.05, 0.1) is 71.7 Å². The van der Waals surface area contributed by atoms with Crippen LogP contribution < -0.4 is 19.8 Å². The maximum atomic E-state index is 5.33. The molecule has 17 nitrogen and oxygen atoms in total. The summed E-state index contributed by atoms with van der Waals surface area (Å²) in [7, 11) is 6.05. The number of hydrogen-bond acceptors (Lipinski definition) is 13. The van der Waals surface area contributed by atoms with Crippen molar-refractivity contribution in [2.75, 3.05) is 100.0 Å². The van der Waals surface area contributed by atoms with Crippen LogP contribution in [0.2, 0.25) is 0 Å². The first-order valence-electron chi connectivity index (χ1n) is 20.4. The number of aromatic nitrogens is 10. The fourth-order valence-corrected chi connectivity index (χ4v) is 8.02. The smallest absolute Gasteiger partial charge is 0.267 e. The van der Waals surface area contributed by atoms with Gasteiger partial charge in [0.2, 0.25) is 0 Å². The van der Waals surface area contributed by atoms with E-state index in [1.54, 1.807) is 13.3 Å².